The van der Waals surface area contributed by atoms with Crippen molar-refractivity contribution in [3.63, 3.8) is 0 Å². The maximum Gasteiger partial charge on any atom is 0.164 e. The van der Waals surface area contributed by atoms with Crippen molar-refractivity contribution in [2.45, 2.75) is 0 Å². The highest BCUT2D eigenvalue weighted by molar-refractivity contribution is 6.10. The maximum absolute atomic E-state index is 8.76. The first kappa shape index (κ1) is 23.5. The molecule has 5 heteroatoms. The third-order valence-electron chi connectivity index (χ3n) is 9.14. The lowest BCUT2D eigenvalue weighted by Crippen LogP contribution is -2.00. The Balaban J connectivity index is 1.17. The molecule has 0 unspecified atom stereocenters. The predicted molar refractivity (Wildman–Crippen MR) is 203 cm³/mol. The average molecular weight is 646 g/mol. The Kier molecular flexibility index (Phi) is 5.35. The molecule has 0 spiro atoms. The molecular weight excluding hydrogens is 613 g/mol. The Bertz CT molecular complexity index is 3130. The summed E-state index contributed by atoms with van der Waals surface area (Å²) in [7, 11) is 0. The molecule has 50 heavy (non-hydrogen) atoms. The van der Waals surface area contributed by atoms with E-state index in [0.717, 1.165) is 60.5 Å². The SMILES string of the molecule is [2H]c1c([2H])c([2H])c(-n2c3ccccc3c3cc(-c4nc(-c5ccccc5)nc(-c5ccc6oc7ccc(-c8ccccc8)cc7c6c5)n4)ccc32)c([2H])c1[2H]. The van der Waals surface area contributed by atoms with Gasteiger partial charge in [0.1, 0.15) is 11.2 Å². The van der Waals surface area contributed by atoms with Crippen LogP contribution < -0.4 is 0 Å². The van der Waals surface area contributed by atoms with Crippen molar-refractivity contribution in [2.75, 3.05) is 0 Å². The number of rotatable bonds is 5. The first-order valence-electron chi connectivity index (χ1n) is 18.8. The molecule has 0 aliphatic heterocycles. The summed E-state index contributed by atoms with van der Waals surface area (Å²) < 4.78 is 50.4. The molecule has 5 nitrogen and oxygen atoms in total. The molecular formula is C45H28N4O. The molecule has 234 valence electrons. The van der Waals surface area contributed by atoms with Crippen LogP contribution in [0.1, 0.15) is 6.85 Å². The zero-order valence-corrected chi connectivity index (χ0v) is 26.5. The predicted octanol–water partition coefficient (Wildman–Crippen LogP) is 11.5. The second-order valence-corrected chi connectivity index (χ2v) is 12.1. The van der Waals surface area contributed by atoms with Crippen molar-refractivity contribution >= 4 is 43.7 Å². The summed E-state index contributed by atoms with van der Waals surface area (Å²) in [5, 5.41) is 3.63. The average Bonchev–Trinajstić information content (AvgIpc) is 3.77. The van der Waals surface area contributed by atoms with Crippen LogP contribution in [0.25, 0.3) is 94.7 Å². The molecule has 0 aliphatic rings. The van der Waals surface area contributed by atoms with Crippen LogP contribution in [0.4, 0.5) is 0 Å². The van der Waals surface area contributed by atoms with Crippen molar-refractivity contribution < 1.29 is 11.3 Å². The van der Waals surface area contributed by atoms with Gasteiger partial charge in [-0.1, -0.05) is 103 Å². The lowest BCUT2D eigenvalue weighted by Gasteiger charge is -2.10. The van der Waals surface area contributed by atoms with Crippen molar-refractivity contribution in [3.8, 4) is 51.0 Å². The van der Waals surface area contributed by atoms with E-state index in [4.69, 9.17) is 26.2 Å². The van der Waals surface area contributed by atoms with E-state index < -0.39 is 6.04 Å². The third-order valence-corrected chi connectivity index (χ3v) is 9.14. The summed E-state index contributed by atoms with van der Waals surface area (Å²) in [6.45, 7) is 0. The number of hydrogen-bond acceptors (Lipinski definition) is 4. The van der Waals surface area contributed by atoms with E-state index in [0.29, 0.717) is 28.5 Å². The number of aromatic nitrogens is 4. The van der Waals surface area contributed by atoms with Crippen molar-refractivity contribution in [3.05, 3.63) is 170 Å². The van der Waals surface area contributed by atoms with Gasteiger partial charge in [-0.3, -0.25) is 0 Å². The number of para-hydroxylation sites is 2. The summed E-state index contributed by atoms with van der Waals surface area (Å²) in [5.74, 6) is 1.49. The minimum absolute atomic E-state index is 0.0943. The van der Waals surface area contributed by atoms with E-state index in [1.807, 2.05) is 109 Å². The molecule has 3 aromatic heterocycles. The van der Waals surface area contributed by atoms with E-state index >= 15 is 0 Å². The van der Waals surface area contributed by atoms with Gasteiger partial charge in [0.15, 0.2) is 17.5 Å². The summed E-state index contributed by atoms with van der Waals surface area (Å²) >= 11 is 0. The second kappa shape index (κ2) is 11.4. The zero-order chi connectivity index (χ0) is 37.4. The number of hydrogen-bond donors (Lipinski definition) is 0. The number of furan rings is 1. The maximum atomic E-state index is 8.76. The standard InChI is InChI=1S/C45H28N4O/c1-4-12-29(13-5-1)31-21-24-41-37(26-31)38-28-33(22-25-42(38)50-41)45-47-43(30-14-6-2-7-15-30)46-44(48-45)32-20-23-40-36(27-32)35-18-10-11-19-39(35)49(40)34-16-8-3-9-17-34/h1-28H/i3D,8D,9D,16D,17D. The molecule has 0 saturated heterocycles. The Hall–Kier alpha value is -6.85. The van der Waals surface area contributed by atoms with Gasteiger partial charge in [0, 0.05) is 43.9 Å². The van der Waals surface area contributed by atoms with Crippen molar-refractivity contribution in [1.82, 2.24) is 19.5 Å². The van der Waals surface area contributed by atoms with Crippen LogP contribution in [0.5, 0.6) is 0 Å². The van der Waals surface area contributed by atoms with Crippen LogP contribution in [0, 0.1) is 0 Å². The number of nitrogens with zero attached hydrogens (tertiary/aromatic N) is 4. The van der Waals surface area contributed by atoms with Crippen LogP contribution in [0.15, 0.2) is 174 Å². The van der Waals surface area contributed by atoms with Crippen LogP contribution in [-0.4, -0.2) is 19.5 Å². The summed E-state index contributed by atoms with van der Waals surface area (Å²) in [5.41, 5.74) is 7.66. The van der Waals surface area contributed by atoms with Crippen LogP contribution in [0.2, 0.25) is 0 Å². The van der Waals surface area contributed by atoms with E-state index in [2.05, 4.69) is 30.3 Å². The minimum atomic E-state index is -0.432. The quantitative estimate of drug-likeness (QED) is 0.187. The van der Waals surface area contributed by atoms with Gasteiger partial charge >= 0.3 is 0 Å². The molecule has 0 aliphatic carbocycles. The van der Waals surface area contributed by atoms with Gasteiger partial charge in [-0.25, -0.2) is 15.0 Å². The summed E-state index contributed by atoms with van der Waals surface area (Å²) in [6, 6.07) is 44.0. The molecule has 7 aromatic carbocycles. The lowest BCUT2D eigenvalue weighted by molar-refractivity contribution is 0.669. The zero-order valence-electron chi connectivity index (χ0n) is 31.5. The van der Waals surface area contributed by atoms with E-state index in [9.17, 15) is 0 Å². The van der Waals surface area contributed by atoms with Gasteiger partial charge in [-0.15, -0.1) is 0 Å². The molecule has 0 radical (unpaired) electrons. The largest absolute Gasteiger partial charge is 0.456 e. The second-order valence-electron chi connectivity index (χ2n) is 12.1. The van der Waals surface area contributed by atoms with Crippen LogP contribution in [0.3, 0.4) is 0 Å². The minimum Gasteiger partial charge on any atom is -0.456 e. The fraction of sp³-hybridized carbons (Fsp3) is 0. The van der Waals surface area contributed by atoms with E-state index in [1.165, 1.54) is 0 Å². The van der Waals surface area contributed by atoms with Crippen LogP contribution in [-0.2, 0) is 0 Å². The van der Waals surface area contributed by atoms with Gasteiger partial charge < -0.3 is 8.98 Å². The van der Waals surface area contributed by atoms with Gasteiger partial charge in [0.05, 0.1) is 17.9 Å². The van der Waals surface area contributed by atoms with Gasteiger partial charge in [0.25, 0.3) is 0 Å². The van der Waals surface area contributed by atoms with Crippen molar-refractivity contribution in [2.24, 2.45) is 0 Å². The fourth-order valence-corrected chi connectivity index (χ4v) is 6.79. The summed E-state index contributed by atoms with van der Waals surface area (Å²) in [4.78, 5) is 15.0. The molecule has 0 amide bonds. The highest BCUT2D eigenvalue weighted by atomic mass is 16.3. The van der Waals surface area contributed by atoms with Crippen LogP contribution >= 0.6 is 0 Å². The highest BCUT2D eigenvalue weighted by Gasteiger charge is 2.18. The monoisotopic (exact) mass is 645 g/mol. The number of fused-ring (bicyclic) bond motifs is 6. The Morgan fingerprint density at radius 3 is 1.64 bits per heavy atom. The Labute approximate surface area is 294 Å². The van der Waals surface area contributed by atoms with Gasteiger partial charge in [0.2, 0.25) is 0 Å². The fourth-order valence-electron chi connectivity index (χ4n) is 6.79. The lowest BCUT2D eigenvalue weighted by atomic mass is 10.0. The Morgan fingerprint density at radius 1 is 0.420 bits per heavy atom. The first-order chi connectivity index (χ1) is 26.8. The van der Waals surface area contributed by atoms with E-state index in [1.54, 1.807) is 4.57 Å². The van der Waals surface area contributed by atoms with Gasteiger partial charge in [-0.2, -0.15) is 0 Å². The number of benzene rings is 7. The smallest absolute Gasteiger partial charge is 0.164 e. The molecule has 3 heterocycles. The molecule has 0 bridgehead atoms. The first-order valence-corrected chi connectivity index (χ1v) is 16.3. The molecule has 0 atom stereocenters. The molecule has 0 saturated carbocycles. The third kappa shape index (κ3) is 4.67. The molecule has 10 rings (SSSR count). The van der Waals surface area contributed by atoms with E-state index in [-0.39, 0.29) is 29.9 Å². The Morgan fingerprint density at radius 2 is 0.940 bits per heavy atom. The summed E-state index contributed by atoms with van der Waals surface area (Å²) in [6.07, 6.45) is 0. The van der Waals surface area contributed by atoms with Crippen molar-refractivity contribution in [1.29, 1.82) is 0 Å². The molecule has 0 N–H and O–H groups in total. The molecule has 10 aromatic rings. The van der Waals surface area contributed by atoms with Gasteiger partial charge in [-0.05, 0) is 77.8 Å². The topological polar surface area (TPSA) is 56.7 Å². The molecule has 0 fully saturated rings. The normalized spacial score (nSPS) is 13.0. The highest BCUT2D eigenvalue weighted by Crippen LogP contribution is 2.37.